The Balaban J connectivity index is 2.46. The number of hydrogen-bond acceptors (Lipinski definition) is 2. The highest BCUT2D eigenvalue weighted by atomic mass is 35.5. The van der Waals surface area contributed by atoms with E-state index in [0.29, 0.717) is 5.69 Å². The Morgan fingerprint density at radius 1 is 1.18 bits per heavy atom. The van der Waals surface area contributed by atoms with Crippen LogP contribution in [0, 0.1) is 5.82 Å². The number of benzene rings is 2. The first kappa shape index (κ1) is 16.0. The minimum Gasteiger partial charge on any atom is -0.480 e. The van der Waals surface area contributed by atoms with Crippen molar-refractivity contribution in [1.82, 2.24) is 0 Å². The van der Waals surface area contributed by atoms with Crippen LogP contribution < -0.4 is 4.90 Å². The van der Waals surface area contributed by atoms with Crippen molar-refractivity contribution >= 4 is 29.2 Å². The maximum Gasteiger partial charge on any atom is 0.326 e. The fraction of sp³-hybridized carbons (Fsp3) is 0.125. The lowest BCUT2D eigenvalue weighted by molar-refractivity contribution is -0.138. The summed E-state index contributed by atoms with van der Waals surface area (Å²) in [6, 6.07) is 10.8. The number of carbonyl (C=O) groups is 2. The van der Waals surface area contributed by atoms with Gasteiger partial charge in [0.1, 0.15) is 11.9 Å². The topological polar surface area (TPSA) is 57.6 Å². The zero-order chi connectivity index (χ0) is 16.3. The number of amides is 1. The number of anilines is 1. The molecule has 2 aromatic carbocycles. The fourth-order valence-electron chi connectivity index (χ4n) is 1.98. The lowest BCUT2D eigenvalue weighted by Crippen LogP contribution is -2.43. The van der Waals surface area contributed by atoms with Gasteiger partial charge in [0.15, 0.2) is 0 Å². The third-order valence-electron chi connectivity index (χ3n) is 3.16. The van der Waals surface area contributed by atoms with Gasteiger partial charge in [0.05, 0.1) is 5.02 Å². The van der Waals surface area contributed by atoms with E-state index in [2.05, 4.69) is 0 Å². The van der Waals surface area contributed by atoms with Crippen LogP contribution in [-0.4, -0.2) is 23.0 Å². The standard InChI is InChI=1S/C16H13ClFNO3/c1-10(16(21)22)19(12-5-3-2-4-6-12)15(20)11-7-8-14(18)13(17)9-11/h2-10H,1H3,(H,21,22)/t10-/m1/s1. The van der Waals surface area contributed by atoms with Crippen molar-refractivity contribution in [1.29, 1.82) is 0 Å². The van der Waals surface area contributed by atoms with Crippen LogP contribution in [0.4, 0.5) is 10.1 Å². The van der Waals surface area contributed by atoms with E-state index in [1.54, 1.807) is 30.3 Å². The number of carboxylic acid groups (broad SMARTS) is 1. The van der Waals surface area contributed by atoms with Crippen LogP contribution >= 0.6 is 11.6 Å². The molecular formula is C16H13ClFNO3. The highest BCUT2D eigenvalue weighted by Crippen LogP contribution is 2.22. The fourth-order valence-corrected chi connectivity index (χ4v) is 2.16. The molecule has 0 aliphatic carbocycles. The van der Waals surface area contributed by atoms with Crippen LogP contribution in [0.25, 0.3) is 0 Å². The predicted molar refractivity (Wildman–Crippen MR) is 81.8 cm³/mol. The van der Waals surface area contributed by atoms with Crippen LogP contribution in [0.3, 0.4) is 0 Å². The van der Waals surface area contributed by atoms with E-state index in [9.17, 15) is 19.1 Å². The van der Waals surface area contributed by atoms with Gasteiger partial charge in [0, 0.05) is 11.3 Å². The summed E-state index contributed by atoms with van der Waals surface area (Å²) in [7, 11) is 0. The maximum atomic E-state index is 13.2. The molecule has 0 aliphatic rings. The molecule has 22 heavy (non-hydrogen) atoms. The van der Waals surface area contributed by atoms with Gasteiger partial charge < -0.3 is 5.11 Å². The highest BCUT2D eigenvalue weighted by molar-refractivity contribution is 6.31. The first-order valence-electron chi connectivity index (χ1n) is 6.48. The van der Waals surface area contributed by atoms with Gasteiger partial charge in [-0.05, 0) is 37.3 Å². The molecule has 0 saturated carbocycles. The maximum absolute atomic E-state index is 13.2. The average Bonchev–Trinajstić information content (AvgIpc) is 2.51. The summed E-state index contributed by atoms with van der Waals surface area (Å²) < 4.78 is 13.2. The van der Waals surface area contributed by atoms with E-state index >= 15 is 0 Å². The van der Waals surface area contributed by atoms with Gasteiger partial charge in [0.25, 0.3) is 5.91 Å². The minimum absolute atomic E-state index is 0.114. The molecule has 1 amide bonds. The normalized spacial score (nSPS) is 11.8. The summed E-state index contributed by atoms with van der Waals surface area (Å²) >= 11 is 5.69. The van der Waals surface area contributed by atoms with Crippen LogP contribution in [0.2, 0.25) is 5.02 Å². The molecule has 0 heterocycles. The van der Waals surface area contributed by atoms with Crippen molar-refractivity contribution in [2.24, 2.45) is 0 Å². The third kappa shape index (κ3) is 3.26. The molecule has 0 saturated heterocycles. The molecule has 0 spiro atoms. The molecule has 2 rings (SSSR count). The zero-order valence-electron chi connectivity index (χ0n) is 11.7. The van der Waals surface area contributed by atoms with Gasteiger partial charge in [-0.25, -0.2) is 9.18 Å². The molecule has 2 aromatic rings. The van der Waals surface area contributed by atoms with Gasteiger partial charge in [-0.2, -0.15) is 0 Å². The molecular weight excluding hydrogens is 309 g/mol. The second kappa shape index (κ2) is 6.58. The third-order valence-corrected chi connectivity index (χ3v) is 3.45. The molecule has 114 valence electrons. The number of hydrogen-bond donors (Lipinski definition) is 1. The Bertz CT molecular complexity index is 706. The number of nitrogens with zero attached hydrogens (tertiary/aromatic N) is 1. The van der Waals surface area contributed by atoms with Gasteiger partial charge in [-0.3, -0.25) is 9.69 Å². The first-order valence-corrected chi connectivity index (χ1v) is 6.86. The second-order valence-electron chi connectivity index (χ2n) is 4.65. The quantitative estimate of drug-likeness (QED) is 0.936. The van der Waals surface area contributed by atoms with Crippen LogP contribution in [0.1, 0.15) is 17.3 Å². The Kier molecular flexibility index (Phi) is 4.78. The Hall–Kier alpha value is -2.40. The van der Waals surface area contributed by atoms with Crippen molar-refractivity contribution in [3.8, 4) is 0 Å². The highest BCUT2D eigenvalue weighted by Gasteiger charge is 2.28. The molecule has 6 heteroatoms. The van der Waals surface area contributed by atoms with Gasteiger partial charge in [0.2, 0.25) is 0 Å². The number of rotatable bonds is 4. The van der Waals surface area contributed by atoms with E-state index in [1.807, 2.05) is 0 Å². The summed E-state index contributed by atoms with van der Waals surface area (Å²) in [6.45, 7) is 1.40. The largest absolute Gasteiger partial charge is 0.480 e. The molecule has 0 bridgehead atoms. The summed E-state index contributed by atoms with van der Waals surface area (Å²) in [5.41, 5.74) is 0.547. The summed E-state index contributed by atoms with van der Waals surface area (Å²) in [4.78, 5) is 25.1. The average molecular weight is 322 g/mol. The molecule has 0 radical (unpaired) electrons. The summed E-state index contributed by atoms with van der Waals surface area (Å²) in [5.74, 6) is -2.36. The molecule has 0 unspecified atom stereocenters. The molecule has 0 aromatic heterocycles. The lowest BCUT2D eigenvalue weighted by atomic mass is 10.1. The van der Waals surface area contributed by atoms with Crippen LogP contribution in [0.15, 0.2) is 48.5 Å². The monoisotopic (exact) mass is 321 g/mol. The summed E-state index contributed by atoms with van der Waals surface area (Å²) in [6.07, 6.45) is 0. The summed E-state index contributed by atoms with van der Waals surface area (Å²) in [5, 5.41) is 9.04. The SMILES string of the molecule is C[C@H](C(=O)O)N(C(=O)c1ccc(F)c(Cl)c1)c1ccccc1. The predicted octanol–water partition coefficient (Wildman–Crippen LogP) is 3.60. The number of halogens is 2. The van der Waals surface area contributed by atoms with Crippen molar-refractivity contribution in [2.75, 3.05) is 4.90 Å². The number of carbonyl (C=O) groups excluding carboxylic acids is 1. The second-order valence-corrected chi connectivity index (χ2v) is 5.06. The number of carboxylic acids is 1. The lowest BCUT2D eigenvalue weighted by Gasteiger charge is -2.26. The van der Waals surface area contributed by atoms with Crippen molar-refractivity contribution in [2.45, 2.75) is 13.0 Å². The van der Waals surface area contributed by atoms with Gasteiger partial charge >= 0.3 is 5.97 Å². The van der Waals surface area contributed by atoms with E-state index in [1.165, 1.54) is 19.1 Å². The Morgan fingerprint density at radius 2 is 1.82 bits per heavy atom. The number of para-hydroxylation sites is 1. The smallest absolute Gasteiger partial charge is 0.326 e. The van der Waals surface area contributed by atoms with Gasteiger partial charge in [-0.15, -0.1) is 0 Å². The van der Waals surface area contributed by atoms with E-state index in [0.717, 1.165) is 11.0 Å². The van der Waals surface area contributed by atoms with E-state index < -0.39 is 23.7 Å². The zero-order valence-corrected chi connectivity index (χ0v) is 12.4. The van der Waals surface area contributed by atoms with Gasteiger partial charge in [-0.1, -0.05) is 29.8 Å². The van der Waals surface area contributed by atoms with Crippen molar-refractivity contribution in [3.05, 3.63) is 64.9 Å². The molecule has 4 nitrogen and oxygen atoms in total. The van der Waals surface area contributed by atoms with E-state index in [-0.39, 0.29) is 10.6 Å². The Morgan fingerprint density at radius 3 is 2.36 bits per heavy atom. The Labute approximate surface area is 131 Å². The van der Waals surface area contributed by atoms with Crippen molar-refractivity contribution < 1.29 is 19.1 Å². The molecule has 0 fully saturated rings. The molecule has 1 atom stereocenters. The minimum atomic E-state index is -1.15. The first-order chi connectivity index (χ1) is 10.4. The van der Waals surface area contributed by atoms with E-state index in [4.69, 9.17) is 11.6 Å². The number of aliphatic carboxylic acids is 1. The van der Waals surface area contributed by atoms with Crippen LogP contribution in [-0.2, 0) is 4.79 Å². The van der Waals surface area contributed by atoms with Crippen molar-refractivity contribution in [3.63, 3.8) is 0 Å². The molecule has 0 aliphatic heterocycles. The molecule has 1 N–H and O–H groups in total. The van der Waals surface area contributed by atoms with Crippen LogP contribution in [0.5, 0.6) is 0 Å².